The monoisotopic (exact) mass is 451 g/mol. The Labute approximate surface area is 194 Å². The number of aryl methyl sites for hydroxylation is 1. The molecule has 2 aromatic carbocycles. The maximum absolute atomic E-state index is 10.8. The largest absolute Gasteiger partial charge is 0.872 e. The fourth-order valence-corrected chi connectivity index (χ4v) is 6.97. The van der Waals surface area contributed by atoms with Gasteiger partial charge in [0, 0.05) is 18.2 Å². The fourth-order valence-electron chi connectivity index (χ4n) is 6.97. The number of carbonyl (C=O) groups is 1. The van der Waals surface area contributed by atoms with Crippen LogP contribution >= 0.6 is 0 Å². The SMILES string of the molecule is COC1(c2cccc(C)c2)OOC12C1CC3CC(C1)CC2C3.O=C(CO)c1cccc([O-])c1. The summed E-state index contributed by atoms with van der Waals surface area (Å²) in [5.74, 6) is 1.62. The van der Waals surface area contributed by atoms with Crippen LogP contribution in [0.3, 0.4) is 0 Å². The zero-order valence-electron chi connectivity index (χ0n) is 19.2. The minimum Gasteiger partial charge on any atom is -0.872 e. The molecular formula is C27H31O6-. The van der Waals surface area contributed by atoms with Gasteiger partial charge in [0.25, 0.3) is 5.79 Å². The van der Waals surface area contributed by atoms with Gasteiger partial charge in [0.1, 0.15) is 6.61 Å². The third-order valence-electron chi connectivity index (χ3n) is 8.15. The molecule has 4 bridgehead atoms. The molecule has 1 saturated heterocycles. The number of methoxy groups -OCH3 is 1. The van der Waals surface area contributed by atoms with E-state index in [0.29, 0.717) is 11.8 Å². The highest BCUT2D eigenvalue weighted by molar-refractivity contribution is 5.97. The van der Waals surface area contributed by atoms with Gasteiger partial charge in [-0.3, -0.25) is 4.79 Å². The first kappa shape index (κ1) is 22.5. The van der Waals surface area contributed by atoms with Crippen molar-refractivity contribution in [3.63, 3.8) is 0 Å². The molecule has 2 aromatic rings. The summed E-state index contributed by atoms with van der Waals surface area (Å²) >= 11 is 0. The molecule has 6 nitrogen and oxygen atoms in total. The molecule has 1 N–H and O–H groups in total. The summed E-state index contributed by atoms with van der Waals surface area (Å²) < 4.78 is 6.05. The van der Waals surface area contributed by atoms with Gasteiger partial charge in [-0.1, -0.05) is 54.1 Å². The molecule has 0 aromatic heterocycles. The Morgan fingerprint density at radius 2 is 1.70 bits per heavy atom. The van der Waals surface area contributed by atoms with Crippen molar-refractivity contribution in [1.82, 2.24) is 0 Å². The van der Waals surface area contributed by atoms with Crippen molar-refractivity contribution in [3.8, 4) is 5.75 Å². The lowest BCUT2D eigenvalue weighted by Crippen LogP contribution is -2.76. The number of aliphatic hydroxyl groups excluding tert-OH is 1. The predicted molar refractivity (Wildman–Crippen MR) is 119 cm³/mol. The molecule has 1 unspecified atom stereocenters. The molecule has 7 rings (SSSR count). The molecule has 176 valence electrons. The Morgan fingerprint density at radius 3 is 2.21 bits per heavy atom. The van der Waals surface area contributed by atoms with Crippen LogP contribution in [0.5, 0.6) is 5.75 Å². The molecule has 1 atom stereocenters. The van der Waals surface area contributed by atoms with E-state index in [0.717, 1.165) is 17.4 Å². The summed E-state index contributed by atoms with van der Waals surface area (Å²) in [4.78, 5) is 22.5. The molecule has 1 heterocycles. The van der Waals surface area contributed by atoms with Crippen molar-refractivity contribution < 1.29 is 29.5 Å². The van der Waals surface area contributed by atoms with E-state index in [4.69, 9.17) is 19.6 Å². The number of ketones is 1. The van der Waals surface area contributed by atoms with E-state index in [1.165, 1.54) is 61.9 Å². The van der Waals surface area contributed by atoms with Gasteiger partial charge in [0.05, 0.1) is 0 Å². The molecule has 6 heteroatoms. The lowest BCUT2D eigenvalue weighted by molar-refractivity contribution is -0.645. The van der Waals surface area contributed by atoms with Gasteiger partial charge in [-0.05, 0) is 62.7 Å². The summed E-state index contributed by atoms with van der Waals surface area (Å²) in [5, 5.41) is 19.1. The van der Waals surface area contributed by atoms with Crippen molar-refractivity contribution in [2.45, 2.75) is 50.4 Å². The van der Waals surface area contributed by atoms with Crippen LogP contribution in [0.1, 0.15) is 53.6 Å². The summed E-state index contributed by atoms with van der Waals surface area (Å²) in [6.07, 6.45) is 6.58. The summed E-state index contributed by atoms with van der Waals surface area (Å²) in [6, 6.07) is 14.1. The van der Waals surface area contributed by atoms with Crippen LogP contribution in [-0.4, -0.2) is 30.2 Å². The highest BCUT2D eigenvalue weighted by Crippen LogP contribution is 2.69. The van der Waals surface area contributed by atoms with Crippen LogP contribution in [0.25, 0.3) is 0 Å². The normalized spacial score (nSPS) is 35.6. The number of hydrogen-bond donors (Lipinski definition) is 1. The number of hydrogen-bond acceptors (Lipinski definition) is 6. The van der Waals surface area contributed by atoms with E-state index < -0.39 is 18.2 Å². The molecule has 5 fully saturated rings. The van der Waals surface area contributed by atoms with Gasteiger partial charge in [-0.25, -0.2) is 4.89 Å². The second-order valence-electron chi connectivity index (χ2n) is 10.1. The first-order valence-corrected chi connectivity index (χ1v) is 11.8. The lowest BCUT2D eigenvalue weighted by Gasteiger charge is -2.68. The van der Waals surface area contributed by atoms with Crippen LogP contribution in [0.15, 0.2) is 48.5 Å². The number of rotatable bonds is 4. The molecule has 0 radical (unpaired) electrons. The van der Waals surface area contributed by atoms with Crippen molar-refractivity contribution in [2.75, 3.05) is 13.7 Å². The van der Waals surface area contributed by atoms with Gasteiger partial charge in [-0.2, -0.15) is 4.89 Å². The Bertz CT molecular complexity index is 1000. The van der Waals surface area contributed by atoms with E-state index in [1.807, 2.05) is 0 Å². The molecule has 1 aliphatic heterocycles. The first-order valence-electron chi connectivity index (χ1n) is 11.8. The van der Waals surface area contributed by atoms with E-state index in [9.17, 15) is 9.90 Å². The fraction of sp³-hybridized carbons (Fsp3) is 0.519. The number of ether oxygens (including phenoxy) is 1. The topological polar surface area (TPSA) is 88.1 Å². The van der Waals surface area contributed by atoms with E-state index in [2.05, 4.69) is 31.2 Å². The quantitative estimate of drug-likeness (QED) is 0.561. The highest BCUT2D eigenvalue weighted by atomic mass is 17.3. The summed E-state index contributed by atoms with van der Waals surface area (Å²) in [5.41, 5.74) is 2.36. The molecule has 4 aliphatic carbocycles. The van der Waals surface area contributed by atoms with Gasteiger partial charge >= 0.3 is 0 Å². The third kappa shape index (κ3) is 3.51. The second kappa shape index (κ2) is 8.51. The van der Waals surface area contributed by atoms with Crippen molar-refractivity contribution in [1.29, 1.82) is 0 Å². The van der Waals surface area contributed by atoms with Crippen LogP contribution < -0.4 is 5.11 Å². The summed E-state index contributed by atoms with van der Waals surface area (Å²) in [6.45, 7) is 1.57. The molecule has 1 spiro atoms. The van der Waals surface area contributed by atoms with Gasteiger partial charge in [0.15, 0.2) is 11.4 Å². The Morgan fingerprint density at radius 1 is 1.03 bits per heavy atom. The average molecular weight is 452 g/mol. The van der Waals surface area contributed by atoms with E-state index in [1.54, 1.807) is 7.11 Å². The number of aliphatic hydroxyl groups is 1. The molecule has 33 heavy (non-hydrogen) atoms. The third-order valence-corrected chi connectivity index (χ3v) is 8.15. The van der Waals surface area contributed by atoms with Gasteiger partial charge in [-0.15, -0.1) is 5.75 Å². The van der Waals surface area contributed by atoms with Crippen LogP contribution in [0, 0.1) is 30.6 Å². The Kier molecular flexibility index (Phi) is 5.81. The van der Waals surface area contributed by atoms with Crippen molar-refractivity contribution >= 4 is 5.78 Å². The maximum Gasteiger partial charge on any atom is 0.260 e. The van der Waals surface area contributed by atoms with Gasteiger partial charge < -0.3 is 14.9 Å². The Hall–Kier alpha value is -2.25. The molecule has 5 aliphatic rings. The van der Waals surface area contributed by atoms with Crippen molar-refractivity contribution in [3.05, 3.63) is 65.2 Å². The van der Waals surface area contributed by atoms with E-state index >= 15 is 0 Å². The highest BCUT2D eigenvalue weighted by Gasteiger charge is 2.76. The van der Waals surface area contributed by atoms with Gasteiger partial charge in [0.2, 0.25) is 0 Å². The summed E-state index contributed by atoms with van der Waals surface area (Å²) in [7, 11) is 1.78. The molecular weight excluding hydrogens is 420 g/mol. The predicted octanol–water partition coefficient (Wildman–Crippen LogP) is 3.89. The Balaban J connectivity index is 0.000000177. The van der Waals surface area contributed by atoms with Crippen LogP contribution in [0.2, 0.25) is 0 Å². The minimum atomic E-state index is -0.707. The maximum atomic E-state index is 10.8. The smallest absolute Gasteiger partial charge is 0.260 e. The minimum absolute atomic E-state index is 0.218. The number of Topliss-reactive ketones (excluding diaryl/α,β-unsaturated/α-hetero) is 1. The molecule has 0 amide bonds. The number of benzene rings is 2. The lowest BCUT2D eigenvalue weighted by atomic mass is 9.47. The van der Waals surface area contributed by atoms with Crippen LogP contribution in [-0.2, 0) is 20.3 Å². The average Bonchev–Trinajstić information content (AvgIpc) is 2.79. The zero-order chi connectivity index (χ0) is 23.2. The standard InChI is InChI=1S/C19H24O3.C8H8O3/c1-12-4-3-5-15(6-12)19(20-2)18(21-22-19)16-8-13-7-14(10-16)11-17(18)9-13;9-5-8(11)6-2-1-3-7(10)4-6/h3-6,13-14,16-17H,7-11H2,1-2H3;1-4,9-10H,5H2/p-1. The van der Waals surface area contributed by atoms with E-state index in [-0.39, 0.29) is 16.9 Å². The van der Waals surface area contributed by atoms with Crippen LogP contribution in [0.4, 0.5) is 0 Å². The van der Waals surface area contributed by atoms with Crippen molar-refractivity contribution in [2.24, 2.45) is 23.7 Å². The number of carbonyl (C=O) groups excluding carboxylic acids is 1. The zero-order valence-corrected chi connectivity index (χ0v) is 19.2. The first-order chi connectivity index (χ1) is 15.9. The second-order valence-corrected chi connectivity index (χ2v) is 10.1. The molecule has 4 saturated carbocycles.